The highest BCUT2D eigenvalue weighted by Crippen LogP contribution is 2.29. The van der Waals surface area contributed by atoms with E-state index in [1.807, 2.05) is 0 Å². The van der Waals surface area contributed by atoms with Crippen LogP contribution in [0.3, 0.4) is 0 Å². The first-order valence-electron chi connectivity index (χ1n) is 8.43. The zero-order chi connectivity index (χ0) is 18.4. The number of hydrogen-bond acceptors (Lipinski definition) is 6. The van der Waals surface area contributed by atoms with E-state index < -0.39 is 0 Å². The van der Waals surface area contributed by atoms with Gasteiger partial charge in [-0.05, 0) is 18.2 Å². The average molecular weight is 358 g/mol. The van der Waals surface area contributed by atoms with E-state index in [1.54, 1.807) is 44.6 Å². The van der Waals surface area contributed by atoms with E-state index in [0.717, 1.165) is 12.8 Å². The normalized spacial score (nSPS) is 14.5. The van der Waals surface area contributed by atoms with Crippen LogP contribution in [-0.2, 0) is 4.74 Å². The number of carbonyl (C=O) groups excluding carboxylic acids is 1. The molecule has 0 aliphatic carbocycles. The average Bonchev–Trinajstić information content (AvgIpc) is 2.69. The molecule has 1 aromatic carbocycles. The Morgan fingerprint density at radius 3 is 2.62 bits per heavy atom. The molecule has 0 radical (unpaired) electrons. The molecular formula is C19H22N2O5. The smallest absolute Gasteiger partial charge is 0.257 e. The van der Waals surface area contributed by atoms with Gasteiger partial charge in [0.05, 0.1) is 38.7 Å². The number of hydrogen-bond donors (Lipinski definition) is 1. The van der Waals surface area contributed by atoms with Crippen molar-refractivity contribution in [1.82, 2.24) is 4.98 Å². The van der Waals surface area contributed by atoms with Crippen LogP contribution in [0, 0.1) is 0 Å². The molecule has 1 aromatic heterocycles. The molecule has 0 atom stereocenters. The van der Waals surface area contributed by atoms with Gasteiger partial charge in [-0.1, -0.05) is 0 Å². The van der Waals surface area contributed by atoms with Crippen molar-refractivity contribution in [1.29, 1.82) is 0 Å². The first-order chi connectivity index (χ1) is 12.7. The maximum atomic E-state index is 12.5. The Morgan fingerprint density at radius 1 is 1.15 bits per heavy atom. The van der Waals surface area contributed by atoms with Crippen molar-refractivity contribution in [3.8, 4) is 17.4 Å². The number of methoxy groups -OCH3 is 2. The third-order valence-electron chi connectivity index (χ3n) is 4.11. The molecule has 1 N–H and O–H groups in total. The van der Waals surface area contributed by atoms with Crippen LogP contribution in [-0.4, -0.2) is 44.4 Å². The minimum Gasteiger partial charge on any atom is -0.497 e. The molecule has 3 rings (SSSR count). The van der Waals surface area contributed by atoms with Crippen LogP contribution in [0.15, 0.2) is 36.5 Å². The summed E-state index contributed by atoms with van der Waals surface area (Å²) in [6.07, 6.45) is 3.30. The van der Waals surface area contributed by atoms with Gasteiger partial charge in [-0.15, -0.1) is 0 Å². The lowest BCUT2D eigenvalue weighted by Gasteiger charge is -2.22. The number of carbonyl (C=O) groups is 1. The van der Waals surface area contributed by atoms with Crippen molar-refractivity contribution < 1.29 is 23.7 Å². The molecule has 7 heteroatoms. The topological polar surface area (TPSA) is 78.9 Å². The molecule has 2 heterocycles. The predicted molar refractivity (Wildman–Crippen MR) is 96.2 cm³/mol. The Labute approximate surface area is 152 Å². The van der Waals surface area contributed by atoms with Gasteiger partial charge in [0.25, 0.3) is 5.91 Å². The highest BCUT2D eigenvalue weighted by atomic mass is 16.5. The summed E-state index contributed by atoms with van der Waals surface area (Å²) in [6.45, 7) is 1.40. The van der Waals surface area contributed by atoms with Gasteiger partial charge in [0.1, 0.15) is 17.6 Å². The minimum atomic E-state index is -0.290. The van der Waals surface area contributed by atoms with Crippen LogP contribution in [0.4, 0.5) is 5.69 Å². The maximum Gasteiger partial charge on any atom is 0.257 e. The lowest BCUT2D eigenvalue weighted by Crippen LogP contribution is -2.26. The highest BCUT2D eigenvalue weighted by molar-refractivity contribution is 6.05. The number of nitrogens with zero attached hydrogens (tertiary/aromatic N) is 1. The van der Waals surface area contributed by atoms with Crippen LogP contribution in [0.1, 0.15) is 23.2 Å². The summed E-state index contributed by atoms with van der Waals surface area (Å²) in [4.78, 5) is 16.7. The molecule has 0 bridgehead atoms. The number of ether oxygens (including phenoxy) is 4. The van der Waals surface area contributed by atoms with Crippen molar-refractivity contribution in [2.45, 2.75) is 18.9 Å². The van der Waals surface area contributed by atoms with E-state index in [2.05, 4.69) is 10.3 Å². The van der Waals surface area contributed by atoms with Crippen LogP contribution in [0.25, 0.3) is 0 Å². The van der Waals surface area contributed by atoms with E-state index in [0.29, 0.717) is 41.8 Å². The second-order valence-electron chi connectivity index (χ2n) is 5.84. The highest BCUT2D eigenvalue weighted by Gasteiger charge is 2.16. The fraction of sp³-hybridized carbons (Fsp3) is 0.368. The molecule has 138 valence electrons. The summed E-state index contributed by atoms with van der Waals surface area (Å²) in [7, 11) is 3.11. The largest absolute Gasteiger partial charge is 0.497 e. The maximum absolute atomic E-state index is 12.5. The molecular weight excluding hydrogens is 336 g/mol. The van der Waals surface area contributed by atoms with Crippen molar-refractivity contribution in [3.05, 3.63) is 42.1 Å². The molecule has 0 spiro atoms. The number of benzene rings is 1. The Bertz CT molecular complexity index is 742. The van der Waals surface area contributed by atoms with Crippen LogP contribution < -0.4 is 19.5 Å². The second-order valence-corrected chi connectivity index (χ2v) is 5.84. The number of rotatable bonds is 6. The quantitative estimate of drug-likeness (QED) is 0.855. The van der Waals surface area contributed by atoms with Crippen LogP contribution in [0.5, 0.6) is 17.4 Å². The molecule has 7 nitrogen and oxygen atoms in total. The molecule has 1 aliphatic heterocycles. The second kappa shape index (κ2) is 8.53. The van der Waals surface area contributed by atoms with Gasteiger partial charge in [0, 0.05) is 31.2 Å². The van der Waals surface area contributed by atoms with Gasteiger partial charge < -0.3 is 24.3 Å². The molecule has 1 fully saturated rings. The fourth-order valence-corrected chi connectivity index (χ4v) is 2.66. The number of nitrogens with one attached hydrogen (secondary N) is 1. The molecule has 1 amide bonds. The van der Waals surface area contributed by atoms with Crippen molar-refractivity contribution in [2.75, 3.05) is 32.8 Å². The van der Waals surface area contributed by atoms with Gasteiger partial charge in [0.2, 0.25) is 5.88 Å². The molecule has 0 saturated carbocycles. The Kier molecular flexibility index (Phi) is 5.91. The van der Waals surface area contributed by atoms with E-state index in [9.17, 15) is 4.79 Å². The zero-order valence-corrected chi connectivity index (χ0v) is 14.9. The minimum absolute atomic E-state index is 0.108. The Balaban J connectivity index is 1.66. The third-order valence-corrected chi connectivity index (χ3v) is 4.11. The summed E-state index contributed by atoms with van der Waals surface area (Å²) in [5.41, 5.74) is 0.952. The van der Waals surface area contributed by atoms with E-state index in [1.165, 1.54) is 6.20 Å². The van der Waals surface area contributed by atoms with Gasteiger partial charge >= 0.3 is 0 Å². The lowest BCUT2D eigenvalue weighted by molar-refractivity contribution is 0.0237. The van der Waals surface area contributed by atoms with Crippen LogP contribution >= 0.6 is 0 Å². The Morgan fingerprint density at radius 2 is 1.96 bits per heavy atom. The third kappa shape index (κ3) is 4.43. The molecule has 26 heavy (non-hydrogen) atoms. The Hall–Kier alpha value is -2.80. The number of aromatic nitrogens is 1. The van der Waals surface area contributed by atoms with Gasteiger partial charge in [0.15, 0.2) is 0 Å². The summed E-state index contributed by atoms with van der Waals surface area (Å²) in [5.74, 6) is 1.39. The molecule has 1 saturated heterocycles. The van der Waals surface area contributed by atoms with E-state index in [-0.39, 0.29) is 12.0 Å². The van der Waals surface area contributed by atoms with Gasteiger partial charge in [-0.3, -0.25) is 4.79 Å². The molecule has 0 unspecified atom stereocenters. The monoisotopic (exact) mass is 358 g/mol. The zero-order valence-electron chi connectivity index (χ0n) is 14.9. The standard InChI is InChI=1S/C19H22N2O5/c1-23-15-4-5-17(24-2)16(11-15)21-19(22)13-3-6-18(20-12-13)26-14-7-9-25-10-8-14/h3-6,11-12,14H,7-10H2,1-2H3,(H,21,22). The number of amides is 1. The molecule has 2 aromatic rings. The van der Waals surface area contributed by atoms with E-state index >= 15 is 0 Å². The van der Waals surface area contributed by atoms with Gasteiger partial charge in [-0.25, -0.2) is 4.98 Å². The van der Waals surface area contributed by atoms with Crippen molar-refractivity contribution in [3.63, 3.8) is 0 Å². The van der Waals surface area contributed by atoms with Crippen LogP contribution in [0.2, 0.25) is 0 Å². The predicted octanol–water partition coefficient (Wildman–Crippen LogP) is 2.91. The number of pyridine rings is 1. The number of anilines is 1. The van der Waals surface area contributed by atoms with Crippen molar-refractivity contribution in [2.24, 2.45) is 0 Å². The summed E-state index contributed by atoms with van der Waals surface area (Å²) in [6, 6.07) is 8.58. The SMILES string of the molecule is COc1ccc(OC)c(NC(=O)c2ccc(OC3CCOCC3)nc2)c1. The van der Waals surface area contributed by atoms with E-state index in [4.69, 9.17) is 18.9 Å². The summed E-state index contributed by atoms with van der Waals surface area (Å²) >= 11 is 0. The fourth-order valence-electron chi connectivity index (χ4n) is 2.66. The summed E-state index contributed by atoms with van der Waals surface area (Å²) in [5, 5.41) is 2.81. The summed E-state index contributed by atoms with van der Waals surface area (Å²) < 4.78 is 21.6. The first-order valence-corrected chi connectivity index (χ1v) is 8.43. The van der Waals surface area contributed by atoms with Crippen molar-refractivity contribution >= 4 is 11.6 Å². The lowest BCUT2D eigenvalue weighted by atomic mass is 10.1. The van der Waals surface area contributed by atoms with Gasteiger partial charge in [-0.2, -0.15) is 0 Å². The molecule has 1 aliphatic rings. The first kappa shape index (κ1) is 18.0.